The summed E-state index contributed by atoms with van der Waals surface area (Å²) < 4.78 is 5.47. The van der Waals surface area contributed by atoms with E-state index in [1.54, 1.807) is 6.08 Å². The van der Waals surface area contributed by atoms with Crippen LogP contribution >= 0.6 is 0 Å². The molecule has 0 spiro atoms. The van der Waals surface area contributed by atoms with Crippen LogP contribution in [0.2, 0.25) is 0 Å². The van der Waals surface area contributed by atoms with Crippen molar-refractivity contribution >= 4 is 18.0 Å². The molecule has 4 rings (SSSR count). The summed E-state index contributed by atoms with van der Waals surface area (Å²) in [5, 5.41) is 14.4. The lowest BCUT2D eigenvalue weighted by Crippen LogP contribution is -2.32. The fourth-order valence-corrected chi connectivity index (χ4v) is 4.85. The molecule has 33 heavy (non-hydrogen) atoms. The minimum atomic E-state index is -0.800. The molecule has 0 heterocycles. The number of rotatable bonds is 8. The number of carboxylic acids is 1. The lowest BCUT2D eigenvalue weighted by Gasteiger charge is -2.14. The van der Waals surface area contributed by atoms with E-state index in [0.29, 0.717) is 6.42 Å². The quantitative estimate of drug-likeness (QED) is 0.532. The molecule has 7 heteroatoms. The van der Waals surface area contributed by atoms with Gasteiger partial charge in [-0.3, -0.25) is 9.59 Å². The number of carbonyl (C=O) groups excluding carboxylic acids is 2. The Morgan fingerprint density at radius 1 is 1.00 bits per heavy atom. The third-order valence-corrected chi connectivity index (χ3v) is 6.33. The van der Waals surface area contributed by atoms with E-state index in [4.69, 9.17) is 9.84 Å². The van der Waals surface area contributed by atoms with Crippen molar-refractivity contribution in [3.8, 4) is 11.1 Å². The van der Waals surface area contributed by atoms with Gasteiger partial charge in [0, 0.05) is 31.0 Å². The summed E-state index contributed by atoms with van der Waals surface area (Å²) >= 11 is 0. The highest BCUT2D eigenvalue weighted by atomic mass is 16.5. The van der Waals surface area contributed by atoms with Crippen LogP contribution in [0.3, 0.4) is 0 Å². The number of carbonyl (C=O) groups is 3. The fourth-order valence-electron chi connectivity index (χ4n) is 4.85. The van der Waals surface area contributed by atoms with E-state index in [-0.39, 0.29) is 43.4 Å². The first kappa shape index (κ1) is 22.6. The summed E-state index contributed by atoms with van der Waals surface area (Å²) in [5.74, 6) is -0.927. The van der Waals surface area contributed by atoms with Crippen LogP contribution in [-0.4, -0.2) is 42.3 Å². The molecule has 2 aliphatic carbocycles. The number of hydrogen-bond acceptors (Lipinski definition) is 4. The van der Waals surface area contributed by atoms with E-state index in [9.17, 15) is 14.4 Å². The van der Waals surface area contributed by atoms with Crippen LogP contribution in [0.25, 0.3) is 11.1 Å². The monoisotopic (exact) mass is 448 g/mol. The fraction of sp³-hybridized carbons (Fsp3) is 0.346. The Labute approximate surface area is 192 Å². The second kappa shape index (κ2) is 10.3. The zero-order chi connectivity index (χ0) is 23.2. The van der Waals surface area contributed by atoms with Gasteiger partial charge in [-0.15, -0.1) is 0 Å². The Morgan fingerprint density at radius 3 is 2.33 bits per heavy atom. The number of fused-ring (bicyclic) bond motifs is 3. The standard InChI is InChI=1S/C26H28N2O5/c29-24(28-18-12-11-17(14-18)15-25(30)31)10-5-13-27-26(32)33-16-23-21-8-3-1-6-19(21)20-7-2-4-9-22(20)23/h1-10,17-18,23H,11-16H2,(H,27,32)(H,28,29)(H,30,31)/b10-5+/t17-,18+/m1/s1. The van der Waals surface area contributed by atoms with E-state index in [0.717, 1.165) is 24.0 Å². The first-order valence-electron chi connectivity index (χ1n) is 11.3. The van der Waals surface area contributed by atoms with Crippen molar-refractivity contribution < 1.29 is 24.2 Å². The van der Waals surface area contributed by atoms with E-state index < -0.39 is 12.1 Å². The maximum Gasteiger partial charge on any atom is 0.407 e. The molecule has 0 saturated heterocycles. The number of amides is 2. The Bertz CT molecular complexity index is 1020. The number of ether oxygens (including phenoxy) is 1. The second-order valence-electron chi connectivity index (χ2n) is 8.59. The van der Waals surface area contributed by atoms with Gasteiger partial charge >= 0.3 is 12.1 Å². The lowest BCUT2D eigenvalue weighted by molar-refractivity contribution is -0.138. The minimum absolute atomic E-state index is 0.000773. The zero-order valence-corrected chi connectivity index (χ0v) is 18.3. The van der Waals surface area contributed by atoms with Gasteiger partial charge < -0.3 is 20.5 Å². The molecule has 1 saturated carbocycles. The lowest BCUT2D eigenvalue weighted by atomic mass is 9.98. The molecule has 0 bridgehead atoms. The molecule has 0 radical (unpaired) electrons. The largest absolute Gasteiger partial charge is 0.481 e. The Morgan fingerprint density at radius 2 is 1.67 bits per heavy atom. The van der Waals surface area contributed by atoms with Crippen LogP contribution < -0.4 is 10.6 Å². The molecule has 0 aromatic heterocycles. The van der Waals surface area contributed by atoms with E-state index in [1.807, 2.05) is 24.3 Å². The summed E-state index contributed by atoms with van der Waals surface area (Å²) in [6, 6.07) is 16.3. The van der Waals surface area contributed by atoms with Gasteiger partial charge in [-0.25, -0.2) is 4.79 Å². The summed E-state index contributed by atoms with van der Waals surface area (Å²) in [6.07, 6.45) is 4.85. The van der Waals surface area contributed by atoms with Gasteiger partial charge in [0.2, 0.25) is 5.91 Å². The number of aliphatic carboxylic acids is 1. The zero-order valence-electron chi connectivity index (χ0n) is 18.3. The molecule has 2 amide bonds. The average Bonchev–Trinajstić information content (AvgIpc) is 3.36. The maximum atomic E-state index is 12.2. The summed E-state index contributed by atoms with van der Waals surface area (Å²) in [6.45, 7) is 0.416. The number of benzene rings is 2. The predicted octanol–water partition coefficient (Wildman–Crippen LogP) is 3.84. The van der Waals surface area contributed by atoms with Crippen LogP contribution in [0.5, 0.6) is 0 Å². The molecular formula is C26H28N2O5. The minimum Gasteiger partial charge on any atom is -0.481 e. The predicted molar refractivity (Wildman–Crippen MR) is 124 cm³/mol. The Hall–Kier alpha value is -3.61. The van der Waals surface area contributed by atoms with E-state index in [2.05, 4.69) is 34.9 Å². The average molecular weight is 449 g/mol. The molecule has 2 aromatic carbocycles. The third-order valence-electron chi connectivity index (χ3n) is 6.33. The van der Waals surface area contributed by atoms with E-state index in [1.165, 1.54) is 17.2 Å². The van der Waals surface area contributed by atoms with Crippen LogP contribution in [0.4, 0.5) is 4.79 Å². The van der Waals surface area contributed by atoms with Crippen molar-refractivity contribution in [2.45, 2.75) is 37.6 Å². The van der Waals surface area contributed by atoms with Crippen LogP contribution in [0.15, 0.2) is 60.7 Å². The van der Waals surface area contributed by atoms with Crippen LogP contribution in [0, 0.1) is 5.92 Å². The highest BCUT2D eigenvalue weighted by Crippen LogP contribution is 2.44. The topological polar surface area (TPSA) is 105 Å². The smallest absolute Gasteiger partial charge is 0.407 e. The van der Waals surface area contributed by atoms with Crippen molar-refractivity contribution in [3.63, 3.8) is 0 Å². The Balaban J connectivity index is 1.20. The van der Waals surface area contributed by atoms with Crippen molar-refractivity contribution in [1.82, 2.24) is 10.6 Å². The van der Waals surface area contributed by atoms with Crippen molar-refractivity contribution in [2.75, 3.05) is 13.2 Å². The molecule has 1 fully saturated rings. The molecule has 2 atom stereocenters. The van der Waals surface area contributed by atoms with E-state index >= 15 is 0 Å². The van der Waals surface area contributed by atoms with Gasteiger partial charge in [-0.1, -0.05) is 54.6 Å². The molecule has 2 aromatic rings. The van der Waals surface area contributed by atoms with Gasteiger partial charge in [0.1, 0.15) is 6.61 Å². The van der Waals surface area contributed by atoms with Crippen LogP contribution in [0.1, 0.15) is 42.7 Å². The SMILES string of the molecule is O=C(O)C[C@@H]1CC[C@H](NC(=O)/C=C/CNC(=O)OCC2c3ccccc3-c3ccccc32)C1. The van der Waals surface area contributed by atoms with Crippen molar-refractivity contribution in [2.24, 2.45) is 5.92 Å². The van der Waals surface area contributed by atoms with Gasteiger partial charge in [0.15, 0.2) is 0 Å². The molecule has 2 aliphatic rings. The highest BCUT2D eigenvalue weighted by Gasteiger charge is 2.29. The summed E-state index contributed by atoms with van der Waals surface area (Å²) in [7, 11) is 0. The van der Waals surface area contributed by atoms with Crippen molar-refractivity contribution in [3.05, 3.63) is 71.8 Å². The van der Waals surface area contributed by atoms with Crippen LogP contribution in [-0.2, 0) is 14.3 Å². The number of alkyl carbamates (subject to hydrolysis) is 1. The number of carboxylic acid groups (broad SMARTS) is 1. The normalized spacial score (nSPS) is 19.2. The van der Waals surface area contributed by atoms with Gasteiger partial charge in [-0.05, 0) is 47.4 Å². The van der Waals surface area contributed by atoms with Gasteiger partial charge in [0.05, 0.1) is 0 Å². The number of nitrogens with one attached hydrogen (secondary N) is 2. The highest BCUT2D eigenvalue weighted by molar-refractivity contribution is 5.87. The summed E-state index contributed by atoms with van der Waals surface area (Å²) in [5.41, 5.74) is 4.65. The molecule has 172 valence electrons. The Kier molecular flexibility index (Phi) is 7.07. The number of hydrogen-bond donors (Lipinski definition) is 3. The summed E-state index contributed by atoms with van der Waals surface area (Å²) in [4.78, 5) is 35.0. The van der Waals surface area contributed by atoms with Gasteiger partial charge in [0.25, 0.3) is 0 Å². The van der Waals surface area contributed by atoms with Crippen molar-refractivity contribution in [1.29, 1.82) is 0 Å². The molecular weight excluding hydrogens is 420 g/mol. The van der Waals surface area contributed by atoms with Gasteiger partial charge in [-0.2, -0.15) is 0 Å². The third kappa shape index (κ3) is 5.61. The first-order valence-corrected chi connectivity index (χ1v) is 11.3. The maximum absolute atomic E-state index is 12.2. The second-order valence-corrected chi connectivity index (χ2v) is 8.59. The molecule has 3 N–H and O–H groups in total. The molecule has 7 nitrogen and oxygen atoms in total. The first-order chi connectivity index (χ1) is 16.0. The molecule has 0 aliphatic heterocycles. The molecule has 0 unspecified atom stereocenters.